The van der Waals surface area contributed by atoms with E-state index in [1.165, 1.54) is 26.0 Å². The minimum Gasteiger partial charge on any atom is -0.465 e. The number of hydrogen-bond donors (Lipinski definition) is 1. The SMILES string of the molecule is COC(=O)c1c2c(n(-c3ccc(OC(F)(F)F)cc3)c1N)C(=O)C(C)=C(C)C2=O. The van der Waals surface area contributed by atoms with Gasteiger partial charge in [0.05, 0.1) is 12.7 Å². The highest BCUT2D eigenvalue weighted by Crippen LogP contribution is 2.37. The second-order valence-corrected chi connectivity index (χ2v) is 6.26. The Bertz CT molecular complexity index is 1080. The van der Waals surface area contributed by atoms with Crippen LogP contribution < -0.4 is 10.5 Å². The molecule has 1 aromatic carbocycles. The number of carbonyl (C=O) groups excluding carboxylic acids is 3. The number of nitrogens with zero attached hydrogens (tertiary/aromatic N) is 1. The van der Waals surface area contributed by atoms with E-state index < -0.39 is 29.6 Å². The third kappa shape index (κ3) is 3.26. The zero-order chi connectivity index (χ0) is 21.7. The van der Waals surface area contributed by atoms with Crippen LogP contribution in [0.1, 0.15) is 45.1 Å². The predicted octanol–water partition coefficient (Wildman–Crippen LogP) is 3.46. The van der Waals surface area contributed by atoms with Crippen molar-refractivity contribution < 1.29 is 37.0 Å². The number of ether oxygens (including phenoxy) is 2. The standard InChI is InChI=1S/C19H15F3N2O5/c1-8-9(2)16(26)14-12(15(8)25)13(18(27)28-3)17(23)24(14)10-4-6-11(7-5-10)29-19(20,21)22/h4-7H,23H2,1-3H3. The number of nitrogens with two attached hydrogens (primary N) is 1. The molecule has 2 N–H and O–H groups in total. The van der Waals surface area contributed by atoms with Gasteiger partial charge < -0.3 is 15.2 Å². The van der Waals surface area contributed by atoms with Crippen LogP contribution in [0.15, 0.2) is 35.4 Å². The van der Waals surface area contributed by atoms with Crippen LogP contribution in [0.2, 0.25) is 0 Å². The average Bonchev–Trinajstić information content (AvgIpc) is 2.96. The Kier molecular flexibility index (Phi) is 4.73. The van der Waals surface area contributed by atoms with E-state index in [2.05, 4.69) is 4.74 Å². The molecule has 1 aromatic heterocycles. The Morgan fingerprint density at radius 3 is 2.10 bits per heavy atom. The van der Waals surface area contributed by atoms with Crippen molar-refractivity contribution >= 4 is 23.4 Å². The number of anilines is 1. The van der Waals surface area contributed by atoms with Crippen LogP contribution in [0.25, 0.3) is 5.69 Å². The maximum atomic E-state index is 12.9. The summed E-state index contributed by atoms with van der Waals surface area (Å²) in [6.07, 6.45) is -4.87. The number of aromatic nitrogens is 1. The molecule has 0 aliphatic heterocycles. The molecule has 0 fully saturated rings. The first-order chi connectivity index (χ1) is 13.5. The summed E-state index contributed by atoms with van der Waals surface area (Å²) in [6, 6.07) is 4.49. The summed E-state index contributed by atoms with van der Waals surface area (Å²) in [5.74, 6) is -2.73. The highest BCUT2D eigenvalue weighted by Gasteiger charge is 2.39. The van der Waals surface area contributed by atoms with Gasteiger partial charge in [0.15, 0.2) is 5.78 Å². The van der Waals surface area contributed by atoms with E-state index in [1.54, 1.807) is 0 Å². The molecular weight excluding hydrogens is 393 g/mol. The largest absolute Gasteiger partial charge is 0.573 e. The molecule has 10 heteroatoms. The number of alkyl halides is 3. The Balaban J connectivity index is 2.25. The van der Waals surface area contributed by atoms with Gasteiger partial charge in [-0.25, -0.2) is 4.79 Å². The molecule has 0 atom stereocenters. The summed E-state index contributed by atoms with van der Waals surface area (Å²) in [4.78, 5) is 37.9. The van der Waals surface area contributed by atoms with E-state index >= 15 is 0 Å². The van der Waals surface area contributed by atoms with E-state index in [0.717, 1.165) is 23.8 Å². The van der Waals surface area contributed by atoms with E-state index in [-0.39, 0.29) is 39.5 Å². The topological polar surface area (TPSA) is 101 Å². The molecule has 1 aliphatic carbocycles. The number of benzene rings is 1. The van der Waals surface area contributed by atoms with Crippen molar-refractivity contribution in [2.24, 2.45) is 0 Å². The molecule has 0 saturated heterocycles. The minimum atomic E-state index is -4.87. The van der Waals surface area contributed by atoms with Crippen LogP contribution in [-0.4, -0.2) is 35.6 Å². The van der Waals surface area contributed by atoms with Crippen LogP contribution >= 0.6 is 0 Å². The van der Waals surface area contributed by atoms with Crippen molar-refractivity contribution in [3.63, 3.8) is 0 Å². The monoisotopic (exact) mass is 408 g/mol. The van der Waals surface area contributed by atoms with Crippen molar-refractivity contribution in [1.82, 2.24) is 4.57 Å². The Morgan fingerprint density at radius 1 is 1.03 bits per heavy atom. The van der Waals surface area contributed by atoms with Crippen molar-refractivity contribution in [3.8, 4) is 11.4 Å². The van der Waals surface area contributed by atoms with Gasteiger partial charge in [0.2, 0.25) is 5.78 Å². The molecular formula is C19H15F3N2O5. The first-order valence-electron chi connectivity index (χ1n) is 8.23. The Morgan fingerprint density at radius 2 is 1.59 bits per heavy atom. The predicted molar refractivity (Wildman–Crippen MR) is 95.2 cm³/mol. The first-order valence-corrected chi connectivity index (χ1v) is 8.23. The zero-order valence-corrected chi connectivity index (χ0v) is 15.5. The van der Waals surface area contributed by atoms with Crippen molar-refractivity contribution in [2.45, 2.75) is 20.2 Å². The molecule has 0 bridgehead atoms. The molecule has 1 aliphatic rings. The maximum absolute atomic E-state index is 12.9. The summed E-state index contributed by atoms with van der Waals surface area (Å²) < 4.78 is 46.8. The van der Waals surface area contributed by atoms with Gasteiger partial charge in [-0.15, -0.1) is 13.2 Å². The quantitative estimate of drug-likeness (QED) is 0.781. The third-order valence-corrected chi connectivity index (χ3v) is 4.61. The summed E-state index contributed by atoms with van der Waals surface area (Å²) >= 11 is 0. The summed E-state index contributed by atoms with van der Waals surface area (Å²) in [6.45, 7) is 2.92. The molecule has 152 valence electrons. The summed E-state index contributed by atoms with van der Waals surface area (Å²) in [7, 11) is 1.10. The van der Waals surface area contributed by atoms with Crippen molar-refractivity contribution in [1.29, 1.82) is 0 Å². The Hall–Kier alpha value is -3.56. The van der Waals surface area contributed by atoms with Gasteiger partial charge in [0.25, 0.3) is 0 Å². The summed E-state index contributed by atoms with van der Waals surface area (Å²) in [5.41, 5.74) is 5.96. The average molecular weight is 408 g/mol. The van der Waals surface area contributed by atoms with Gasteiger partial charge in [0.1, 0.15) is 22.8 Å². The van der Waals surface area contributed by atoms with Gasteiger partial charge >= 0.3 is 12.3 Å². The van der Waals surface area contributed by atoms with Gasteiger partial charge in [0, 0.05) is 16.8 Å². The molecule has 0 unspecified atom stereocenters. The lowest BCUT2D eigenvalue weighted by Gasteiger charge is -2.17. The van der Waals surface area contributed by atoms with Crippen LogP contribution in [0, 0.1) is 0 Å². The molecule has 0 spiro atoms. The van der Waals surface area contributed by atoms with Crippen LogP contribution in [0.3, 0.4) is 0 Å². The lowest BCUT2D eigenvalue weighted by Crippen LogP contribution is -2.22. The molecule has 0 saturated carbocycles. The van der Waals surface area contributed by atoms with E-state index in [9.17, 15) is 27.6 Å². The van der Waals surface area contributed by atoms with Crippen molar-refractivity contribution in [3.05, 3.63) is 52.2 Å². The van der Waals surface area contributed by atoms with Gasteiger partial charge in [-0.3, -0.25) is 14.2 Å². The second-order valence-electron chi connectivity index (χ2n) is 6.26. The lowest BCUT2D eigenvalue weighted by atomic mass is 9.87. The fourth-order valence-corrected chi connectivity index (χ4v) is 3.11. The fourth-order valence-electron chi connectivity index (χ4n) is 3.11. The van der Waals surface area contributed by atoms with Crippen LogP contribution in [0.5, 0.6) is 5.75 Å². The maximum Gasteiger partial charge on any atom is 0.573 e. The fraction of sp³-hybridized carbons (Fsp3) is 0.211. The molecule has 3 rings (SSSR count). The smallest absolute Gasteiger partial charge is 0.465 e. The zero-order valence-electron chi connectivity index (χ0n) is 15.5. The molecule has 0 amide bonds. The number of methoxy groups -OCH3 is 1. The number of hydrogen-bond acceptors (Lipinski definition) is 6. The first kappa shape index (κ1) is 20.2. The van der Waals surface area contributed by atoms with Gasteiger partial charge in [-0.2, -0.15) is 0 Å². The van der Waals surface area contributed by atoms with Crippen LogP contribution in [-0.2, 0) is 4.74 Å². The minimum absolute atomic E-state index is 0.152. The third-order valence-electron chi connectivity index (χ3n) is 4.61. The number of nitrogen functional groups attached to an aromatic ring is 1. The van der Waals surface area contributed by atoms with Crippen LogP contribution in [0.4, 0.5) is 19.0 Å². The highest BCUT2D eigenvalue weighted by atomic mass is 19.4. The van der Waals surface area contributed by atoms with Gasteiger partial charge in [-0.1, -0.05) is 0 Å². The highest BCUT2D eigenvalue weighted by molar-refractivity contribution is 6.30. The van der Waals surface area contributed by atoms with E-state index in [4.69, 9.17) is 10.5 Å². The summed E-state index contributed by atoms with van der Waals surface area (Å²) in [5, 5.41) is 0. The number of rotatable bonds is 3. The second kappa shape index (κ2) is 6.80. The number of esters is 1. The number of allylic oxidation sites excluding steroid dienone is 2. The molecule has 0 radical (unpaired) electrons. The number of carbonyl (C=O) groups is 3. The Labute approximate surface area is 162 Å². The van der Waals surface area contributed by atoms with Gasteiger partial charge in [-0.05, 0) is 38.1 Å². The number of Topliss-reactive ketones (excluding diaryl/α,β-unsaturated/α-hetero) is 2. The van der Waals surface area contributed by atoms with E-state index in [0.29, 0.717) is 0 Å². The van der Waals surface area contributed by atoms with Crippen molar-refractivity contribution in [2.75, 3.05) is 12.8 Å². The molecule has 2 aromatic rings. The molecule has 1 heterocycles. The van der Waals surface area contributed by atoms with E-state index in [1.807, 2.05) is 0 Å². The number of halogens is 3. The molecule has 7 nitrogen and oxygen atoms in total. The number of fused-ring (bicyclic) bond motifs is 1. The number of ketones is 2. The normalized spacial score (nSPS) is 14.1. The lowest BCUT2D eigenvalue weighted by molar-refractivity contribution is -0.274. The molecule has 29 heavy (non-hydrogen) atoms.